The summed E-state index contributed by atoms with van der Waals surface area (Å²) in [6, 6.07) is 17.9. The summed E-state index contributed by atoms with van der Waals surface area (Å²) in [4.78, 5) is 6.93. The molecule has 21 heavy (non-hydrogen) atoms. The minimum absolute atomic E-state index is 0.493. The van der Waals surface area contributed by atoms with Crippen molar-refractivity contribution in [3.05, 3.63) is 66.0 Å². The van der Waals surface area contributed by atoms with Gasteiger partial charge in [-0.2, -0.15) is 0 Å². The first-order valence-corrected chi connectivity index (χ1v) is 7.75. The van der Waals surface area contributed by atoms with Crippen molar-refractivity contribution in [2.45, 2.75) is 32.0 Å². The Morgan fingerprint density at radius 3 is 2.76 bits per heavy atom. The number of nitrogens with zero attached hydrogens (tertiary/aromatic N) is 2. The summed E-state index contributed by atoms with van der Waals surface area (Å²) in [5.74, 6) is 0. The number of nitrogens with one attached hydrogen (secondary N) is 1. The van der Waals surface area contributed by atoms with Crippen LogP contribution in [0.25, 0.3) is 0 Å². The van der Waals surface area contributed by atoms with E-state index in [9.17, 15) is 0 Å². The summed E-state index contributed by atoms with van der Waals surface area (Å²) in [7, 11) is 0. The Balaban J connectivity index is 1.51. The molecular weight excluding hydrogens is 258 g/mol. The molecule has 0 unspecified atom stereocenters. The predicted molar refractivity (Wildman–Crippen MR) is 85.9 cm³/mol. The second-order valence-electron chi connectivity index (χ2n) is 5.77. The molecule has 3 heteroatoms. The maximum absolute atomic E-state index is 4.37. The van der Waals surface area contributed by atoms with Gasteiger partial charge in [-0.3, -0.25) is 9.88 Å². The number of benzene rings is 1. The Bertz CT molecular complexity index is 541. The molecule has 1 aliphatic rings. The molecule has 1 aromatic carbocycles. The van der Waals surface area contributed by atoms with Gasteiger partial charge in [-0.25, -0.2) is 0 Å². The molecule has 3 rings (SSSR count). The van der Waals surface area contributed by atoms with E-state index in [0.717, 1.165) is 25.3 Å². The predicted octanol–water partition coefficient (Wildman–Crippen LogP) is 3.01. The first kappa shape index (κ1) is 14.2. The van der Waals surface area contributed by atoms with Gasteiger partial charge in [0, 0.05) is 37.9 Å². The molecule has 1 aliphatic heterocycles. The van der Waals surface area contributed by atoms with Crippen molar-refractivity contribution in [2.24, 2.45) is 0 Å². The van der Waals surface area contributed by atoms with Gasteiger partial charge in [-0.05, 0) is 31.0 Å². The SMILES string of the molecule is C[C@H](c1ccccc1)N1CC[C@@H](NCc2ccccn2)C1. The average Bonchev–Trinajstić information content (AvgIpc) is 3.03. The molecule has 0 saturated carbocycles. The summed E-state index contributed by atoms with van der Waals surface area (Å²) < 4.78 is 0. The standard InChI is InChI=1S/C18H23N3/c1-15(16-7-3-2-4-8-16)21-12-10-18(14-21)20-13-17-9-5-6-11-19-17/h2-9,11,15,18,20H,10,12-14H2,1H3/t15-,18-/m1/s1. The fourth-order valence-electron chi connectivity index (χ4n) is 3.00. The molecule has 2 heterocycles. The van der Waals surface area contributed by atoms with Gasteiger partial charge in [0.25, 0.3) is 0 Å². The summed E-state index contributed by atoms with van der Waals surface area (Å²) in [6.07, 6.45) is 3.07. The van der Waals surface area contributed by atoms with Crippen LogP contribution in [0.15, 0.2) is 54.7 Å². The Kier molecular flexibility index (Phi) is 4.63. The molecule has 2 atom stereocenters. The van der Waals surface area contributed by atoms with Crippen LogP contribution in [0.3, 0.4) is 0 Å². The monoisotopic (exact) mass is 281 g/mol. The molecule has 2 aromatic rings. The molecule has 0 aliphatic carbocycles. The quantitative estimate of drug-likeness (QED) is 0.913. The maximum Gasteiger partial charge on any atom is 0.0541 e. The first-order valence-electron chi connectivity index (χ1n) is 7.75. The molecular formula is C18H23N3. The van der Waals surface area contributed by atoms with Gasteiger partial charge in [0.2, 0.25) is 0 Å². The number of hydrogen-bond donors (Lipinski definition) is 1. The van der Waals surface area contributed by atoms with E-state index in [4.69, 9.17) is 0 Å². The van der Waals surface area contributed by atoms with E-state index >= 15 is 0 Å². The van der Waals surface area contributed by atoms with Crippen molar-refractivity contribution in [3.8, 4) is 0 Å². The lowest BCUT2D eigenvalue weighted by Gasteiger charge is -2.24. The summed E-state index contributed by atoms with van der Waals surface area (Å²) in [5.41, 5.74) is 2.52. The van der Waals surface area contributed by atoms with Gasteiger partial charge in [-0.15, -0.1) is 0 Å². The Hall–Kier alpha value is -1.71. The Morgan fingerprint density at radius 1 is 1.19 bits per heavy atom. The first-order chi connectivity index (χ1) is 10.3. The zero-order valence-corrected chi connectivity index (χ0v) is 12.6. The molecule has 1 aromatic heterocycles. The maximum atomic E-state index is 4.37. The molecule has 0 bridgehead atoms. The molecule has 0 spiro atoms. The van der Waals surface area contributed by atoms with Gasteiger partial charge >= 0.3 is 0 Å². The van der Waals surface area contributed by atoms with E-state index in [1.165, 1.54) is 12.0 Å². The van der Waals surface area contributed by atoms with E-state index in [2.05, 4.69) is 58.5 Å². The van der Waals surface area contributed by atoms with E-state index in [1.54, 1.807) is 0 Å². The smallest absolute Gasteiger partial charge is 0.0541 e. The highest BCUT2D eigenvalue weighted by Gasteiger charge is 2.26. The van der Waals surface area contributed by atoms with Crippen molar-refractivity contribution in [1.29, 1.82) is 0 Å². The lowest BCUT2D eigenvalue weighted by molar-refractivity contribution is 0.255. The molecule has 1 saturated heterocycles. The molecule has 0 radical (unpaired) electrons. The van der Waals surface area contributed by atoms with Crippen molar-refractivity contribution in [2.75, 3.05) is 13.1 Å². The summed E-state index contributed by atoms with van der Waals surface area (Å²) in [6.45, 7) is 5.44. The third-order valence-corrected chi connectivity index (χ3v) is 4.35. The van der Waals surface area contributed by atoms with Crippen molar-refractivity contribution < 1.29 is 0 Å². The van der Waals surface area contributed by atoms with Gasteiger partial charge in [-0.1, -0.05) is 36.4 Å². The highest BCUT2D eigenvalue weighted by Crippen LogP contribution is 2.24. The third-order valence-electron chi connectivity index (χ3n) is 4.35. The van der Waals surface area contributed by atoms with E-state index < -0.39 is 0 Å². The zero-order chi connectivity index (χ0) is 14.5. The van der Waals surface area contributed by atoms with Crippen molar-refractivity contribution in [3.63, 3.8) is 0 Å². The number of pyridine rings is 1. The number of likely N-dealkylation sites (tertiary alicyclic amines) is 1. The molecule has 0 amide bonds. The molecule has 1 fully saturated rings. The molecule has 1 N–H and O–H groups in total. The lowest BCUT2D eigenvalue weighted by Crippen LogP contribution is -2.33. The zero-order valence-electron chi connectivity index (χ0n) is 12.6. The Morgan fingerprint density at radius 2 is 2.00 bits per heavy atom. The topological polar surface area (TPSA) is 28.2 Å². The normalized spacial score (nSPS) is 20.5. The van der Waals surface area contributed by atoms with Crippen LogP contribution in [0.5, 0.6) is 0 Å². The fourth-order valence-corrected chi connectivity index (χ4v) is 3.00. The van der Waals surface area contributed by atoms with E-state index in [-0.39, 0.29) is 0 Å². The summed E-state index contributed by atoms with van der Waals surface area (Å²) in [5, 5.41) is 3.63. The highest BCUT2D eigenvalue weighted by molar-refractivity contribution is 5.18. The van der Waals surface area contributed by atoms with Crippen LogP contribution in [0.4, 0.5) is 0 Å². The van der Waals surface area contributed by atoms with Crippen LogP contribution < -0.4 is 5.32 Å². The summed E-state index contributed by atoms with van der Waals surface area (Å²) >= 11 is 0. The van der Waals surface area contributed by atoms with Crippen LogP contribution in [0.2, 0.25) is 0 Å². The number of rotatable bonds is 5. The van der Waals surface area contributed by atoms with Gasteiger partial charge in [0.05, 0.1) is 5.69 Å². The van der Waals surface area contributed by atoms with Crippen LogP contribution in [0.1, 0.15) is 30.6 Å². The van der Waals surface area contributed by atoms with Crippen molar-refractivity contribution >= 4 is 0 Å². The van der Waals surface area contributed by atoms with E-state index in [0.29, 0.717) is 12.1 Å². The number of aromatic nitrogens is 1. The minimum Gasteiger partial charge on any atom is -0.307 e. The second kappa shape index (κ2) is 6.83. The van der Waals surface area contributed by atoms with Gasteiger partial charge in [0.15, 0.2) is 0 Å². The second-order valence-corrected chi connectivity index (χ2v) is 5.77. The van der Waals surface area contributed by atoms with Crippen LogP contribution >= 0.6 is 0 Å². The fraction of sp³-hybridized carbons (Fsp3) is 0.389. The van der Waals surface area contributed by atoms with E-state index in [1.807, 2.05) is 18.3 Å². The molecule has 3 nitrogen and oxygen atoms in total. The van der Waals surface area contributed by atoms with Gasteiger partial charge in [0.1, 0.15) is 0 Å². The number of hydrogen-bond acceptors (Lipinski definition) is 3. The lowest BCUT2D eigenvalue weighted by atomic mass is 10.1. The average molecular weight is 281 g/mol. The third kappa shape index (κ3) is 3.69. The van der Waals surface area contributed by atoms with Crippen LogP contribution in [-0.2, 0) is 6.54 Å². The highest BCUT2D eigenvalue weighted by atomic mass is 15.2. The Labute approximate surface area is 127 Å². The largest absolute Gasteiger partial charge is 0.307 e. The van der Waals surface area contributed by atoms with Crippen LogP contribution in [-0.4, -0.2) is 29.0 Å². The van der Waals surface area contributed by atoms with Crippen LogP contribution in [0, 0.1) is 0 Å². The minimum atomic E-state index is 0.493. The van der Waals surface area contributed by atoms with Gasteiger partial charge < -0.3 is 5.32 Å². The molecule has 110 valence electrons. The van der Waals surface area contributed by atoms with Crippen molar-refractivity contribution in [1.82, 2.24) is 15.2 Å².